The Kier molecular flexibility index (Phi) is 4.25. The fourth-order valence-electron chi connectivity index (χ4n) is 0.932. The number of rotatable bonds is 5. The van der Waals surface area contributed by atoms with Gasteiger partial charge in [0, 0.05) is 11.9 Å². The van der Waals surface area contributed by atoms with E-state index in [1.165, 1.54) is 6.42 Å². The highest BCUT2D eigenvalue weighted by atomic mass is 32.1. The summed E-state index contributed by atoms with van der Waals surface area (Å²) in [6.45, 7) is 6.49. The van der Waals surface area contributed by atoms with Crippen LogP contribution in [-0.4, -0.2) is 11.5 Å². The quantitative estimate of drug-likeness (QED) is 0.710. The molecule has 0 aromatic carbocycles. The Morgan fingerprint density at radius 2 is 2.42 bits per heavy atom. The Morgan fingerprint density at radius 3 is 3.00 bits per heavy atom. The minimum atomic E-state index is 0.785. The van der Waals surface area contributed by atoms with Crippen LogP contribution in [0.1, 0.15) is 26.0 Å². The van der Waals surface area contributed by atoms with Crippen LogP contribution in [0, 0.1) is 5.92 Å². The third-order valence-corrected chi connectivity index (χ3v) is 2.32. The molecule has 0 radical (unpaired) electrons. The lowest BCUT2D eigenvalue weighted by Crippen LogP contribution is -2.16. The molecular formula is C9H16N2S. The van der Waals surface area contributed by atoms with Gasteiger partial charge in [-0.25, -0.2) is 4.98 Å². The zero-order valence-electron chi connectivity index (χ0n) is 7.71. The molecule has 0 spiro atoms. The summed E-state index contributed by atoms with van der Waals surface area (Å²) in [6.07, 6.45) is 1.24. The first-order chi connectivity index (χ1) is 5.79. The molecule has 1 rings (SSSR count). The standard InChI is InChI=1S/C9H16N2S/c1-8(2)3-4-10-5-9-6-12-7-11-9/h6-8,10H,3-5H2,1-2H3. The van der Waals surface area contributed by atoms with Crippen LogP contribution in [0.4, 0.5) is 0 Å². The van der Waals surface area contributed by atoms with Gasteiger partial charge in [0.15, 0.2) is 0 Å². The van der Waals surface area contributed by atoms with Gasteiger partial charge in [0.2, 0.25) is 0 Å². The van der Waals surface area contributed by atoms with Crippen LogP contribution in [0.3, 0.4) is 0 Å². The summed E-state index contributed by atoms with van der Waals surface area (Å²) in [7, 11) is 0. The lowest BCUT2D eigenvalue weighted by molar-refractivity contribution is 0.535. The van der Waals surface area contributed by atoms with Crippen LogP contribution >= 0.6 is 11.3 Å². The van der Waals surface area contributed by atoms with Crippen molar-refractivity contribution < 1.29 is 0 Å². The molecule has 0 aliphatic heterocycles. The lowest BCUT2D eigenvalue weighted by atomic mass is 10.1. The molecule has 0 saturated heterocycles. The van der Waals surface area contributed by atoms with Crippen molar-refractivity contribution in [2.75, 3.05) is 6.54 Å². The summed E-state index contributed by atoms with van der Waals surface area (Å²) >= 11 is 1.65. The van der Waals surface area contributed by atoms with Crippen molar-refractivity contribution in [3.05, 3.63) is 16.6 Å². The van der Waals surface area contributed by atoms with Gasteiger partial charge in [-0.2, -0.15) is 0 Å². The number of hydrogen-bond donors (Lipinski definition) is 1. The van der Waals surface area contributed by atoms with Gasteiger partial charge < -0.3 is 5.32 Å². The monoisotopic (exact) mass is 184 g/mol. The molecular weight excluding hydrogens is 168 g/mol. The van der Waals surface area contributed by atoms with Crippen LogP contribution in [0.2, 0.25) is 0 Å². The molecule has 0 bridgehead atoms. The number of aromatic nitrogens is 1. The van der Waals surface area contributed by atoms with E-state index in [1.54, 1.807) is 11.3 Å². The second kappa shape index (κ2) is 5.27. The summed E-state index contributed by atoms with van der Waals surface area (Å²) in [4.78, 5) is 4.19. The molecule has 0 atom stereocenters. The van der Waals surface area contributed by atoms with Crippen LogP contribution in [0.5, 0.6) is 0 Å². The van der Waals surface area contributed by atoms with E-state index < -0.39 is 0 Å². The second-order valence-electron chi connectivity index (χ2n) is 3.34. The van der Waals surface area contributed by atoms with E-state index in [0.717, 1.165) is 24.7 Å². The molecule has 1 aromatic heterocycles. The number of hydrogen-bond acceptors (Lipinski definition) is 3. The van der Waals surface area contributed by atoms with Gasteiger partial charge in [-0.3, -0.25) is 0 Å². The molecule has 0 fully saturated rings. The summed E-state index contributed by atoms with van der Waals surface area (Å²) in [6, 6.07) is 0. The number of nitrogens with zero attached hydrogens (tertiary/aromatic N) is 1. The third-order valence-electron chi connectivity index (χ3n) is 1.69. The Bertz CT molecular complexity index is 194. The summed E-state index contributed by atoms with van der Waals surface area (Å²) < 4.78 is 0. The van der Waals surface area contributed by atoms with Gasteiger partial charge in [-0.15, -0.1) is 11.3 Å². The zero-order valence-corrected chi connectivity index (χ0v) is 8.53. The van der Waals surface area contributed by atoms with Gasteiger partial charge in [-0.05, 0) is 18.9 Å². The molecule has 0 unspecified atom stereocenters. The van der Waals surface area contributed by atoms with E-state index in [4.69, 9.17) is 0 Å². The minimum Gasteiger partial charge on any atom is -0.311 e. The largest absolute Gasteiger partial charge is 0.311 e. The van der Waals surface area contributed by atoms with Crippen molar-refractivity contribution in [1.82, 2.24) is 10.3 Å². The topological polar surface area (TPSA) is 24.9 Å². The highest BCUT2D eigenvalue weighted by Gasteiger charge is 1.95. The fraction of sp³-hybridized carbons (Fsp3) is 0.667. The van der Waals surface area contributed by atoms with Crippen molar-refractivity contribution in [3.8, 4) is 0 Å². The molecule has 1 N–H and O–H groups in total. The van der Waals surface area contributed by atoms with Gasteiger partial charge >= 0.3 is 0 Å². The molecule has 1 heterocycles. The summed E-state index contributed by atoms with van der Waals surface area (Å²) in [5.74, 6) is 0.785. The predicted molar refractivity (Wildman–Crippen MR) is 53.3 cm³/mol. The van der Waals surface area contributed by atoms with E-state index in [-0.39, 0.29) is 0 Å². The van der Waals surface area contributed by atoms with Crippen molar-refractivity contribution in [2.24, 2.45) is 5.92 Å². The first kappa shape index (κ1) is 9.68. The van der Waals surface area contributed by atoms with E-state index in [0.29, 0.717) is 0 Å². The molecule has 1 aromatic rings. The summed E-state index contributed by atoms with van der Waals surface area (Å²) in [5.41, 5.74) is 3.03. The number of nitrogens with one attached hydrogen (secondary N) is 1. The van der Waals surface area contributed by atoms with Gasteiger partial charge in [-0.1, -0.05) is 13.8 Å². The highest BCUT2D eigenvalue weighted by molar-refractivity contribution is 7.07. The minimum absolute atomic E-state index is 0.785. The third kappa shape index (κ3) is 3.83. The van der Waals surface area contributed by atoms with Crippen molar-refractivity contribution >= 4 is 11.3 Å². The van der Waals surface area contributed by atoms with Crippen LogP contribution in [0.15, 0.2) is 10.9 Å². The zero-order chi connectivity index (χ0) is 8.81. The van der Waals surface area contributed by atoms with Crippen molar-refractivity contribution in [1.29, 1.82) is 0 Å². The Morgan fingerprint density at radius 1 is 1.58 bits per heavy atom. The molecule has 0 aliphatic rings. The van der Waals surface area contributed by atoms with E-state index in [1.807, 2.05) is 5.51 Å². The van der Waals surface area contributed by atoms with Gasteiger partial charge in [0.1, 0.15) is 0 Å². The second-order valence-corrected chi connectivity index (χ2v) is 4.06. The maximum atomic E-state index is 4.19. The first-order valence-electron chi connectivity index (χ1n) is 4.37. The Balaban J connectivity index is 2.04. The Labute approximate surface area is 78.0 Å². The molecule has 0 saturated carbocycles. The Hall–Kier alpha value is -0.410. The van der Waals surface area contributed by atoms with Crippen LogP contribution < -0.4 is 5.32 Å². The molecule has 2 nitrogen and oxygen atoms in total. The van der Waals surface area contributed by atoms with Crippen molar-refractivity contribution in [3.63, 3.8) is 0 Å². The molecule has 0 amide bonds. The molecule has 0 aliphatic carbocycles. The smallest absolute Gasteiger partial charge is 0.0795 e. The average molecular weight is 184 g/mol. The highest BCUT2D eigenvalue weighted by Crippen LogP contribution is 2.01. The normalized spacial score (nSPS) is 10.9. The van der Waals surface area contributed by atoms with Gasteiger partial charge in [0.05, 0.1) is 11.2 Å². The number of thiazole rings is 1. The van der Waals surface area contributed by atoms with E-state index >= 15 is 0 Å². The molecule has 12 heavy (non-hydrogen) atoms. The maximum absolute atomic E-state index is 4.19. The SMILES string of the molecule is CC(C)CCNCc1cscn1. The molecule has 68 valence electrons. The van der Waals surface area contributed by atoms with E-state index in [2.05, 4.69) is 29.5 Å². The van der Waals surface area contributed by atoms with Crippen LogP contribution in [-0.2, 0) is 6.54 Å². The van der Waals surface area contributed by atoms with Gasteiger partial charge in [0.25, 0.3) is 0 Å². The van der Waals surface area contributed by atoms with E-state index in [9.17, 15) is 0 Å². The average Bonchev–Trinajstić information content (AvgIpc) is 2.49. The molecule has 3 heteroatoms. The lowest BCUT2D eigenvalue weighted by Gasteiger charge is -2.04. The van der Waals surface area contributed by atoms with Crippen LogP contribution in [0.25, 0.3) is 0 Å². The summed E-state index contributed by atoms with van der Waals surface area (Å²) in [5, 5.41) is 5.45. The maximum Gasteiger partial charge on any atom is 0.0795 e. The van der Waals surface area contributed by atoms with Crippen molar-refractivity contribution in [2.45, 2.75) is 26.8 Å². The predicted octanol–water partition coefficient (Wildman–Crippen LogP) is 2.28. The fourth-order valence-corrected chi connectivity index (χ4v) is 1.49. The first-order valence-corrected chi connectivity index (χ1v) is 5.31.